The first kappa shape index (κ1) is 24.4. The van der Waals surface area contributed by atoms with Crippen LogP contribution in [0.3, 0.4) is 0 Å². The van der Waals surface area contributed by atoms with Crippen molar-refractivity contribution < 1.29 is 31.2 Å². The summed E-state index contributed by atoms with van der Waals surface area (Å²) in [6.07, 6.45) is 1.49. The second kappa shape index (κ2) is 9.29. The molecule has 0 saturated carbocycles. The second-order valence-corrected chi connectivity index (χ2v) is 10.6. The number of benzene rings is 3. The molecule has 2 aliphatic rings. The molecule has 0 fully saturated rings. The summed E-state index contributed by atoms with van der Waals surface area (Å²) in [5.74, 6) is 1.25. The van der Waals surface area contributed by atoms with Crippen LogP contribution >= 0.6 is 0 Å². The Hall–Kier alpha value is -3.30. The summed E-state index contributed by atoms with van der Waals surface area (Å²) in [5.41, 5.74) is 4.90. The minimum absolute atomic E-state index is 0.0986. The van der Waals surface area contributed by atoms with Crippen LogP contribution in [0.4, 0.5) is 4.39 Å². The van der Waals surface area contributed by atoms with Gasteiger partial charge in [-0.15, -0.1) is 0 Å². The van der Waals surface area contributed by atoms with Crippen molar-refractivity contribution in [3.05, 3.63) is 76.1 Å². The Morgan fingerprint density at radius 1 is 0.944 bits per heavy atom. The standard InChI is InChI=1S/C27H28FNO6S/c1-16-10-18-11-23-21-14-25(33-3)24(32-2)12-17(21)8-9-29(23)15-22(18)27(26(16)34-4)35-36(30,31)20-7-5-6-19(28)13-20/h5-7,10,12-14,23H,8-9,11,15H2,1-4H3. The molecule has 36 heavy (non-hydrogen) atoms. The van der Waals surface area contributed by atoms with Crippen LogP contribution in [-0.4, -0.2) is 41.2 Å². The van der Waals surface area contributed by atoms with Gasteiger partial charge in [-0.3, -0.25) is 4.90 Å². The summed E-state index contributed by atoms with van der Waals surface area (Å²) >= 11 is 0. The van der Waals surface area contributed by atoms with Crippen LogP contribution in [0.5, 0.6) is 23.0 Å². The molecule has 0 aromatic heterocycles. The van der Waals surface area contributed by atoms with Crippen LogP contribution < -0.4 is 18.4 Å². The molecule has 1 atom stereocenters. The van der Waals surface area contributed by atoms with E-state index in [0.717, 1.165) is 35.7 Å². The minimum atomic E-state index is -4.28. The Balaban J connectivity index is 1.58. The molecule has 0 aliphatic carbocycles. The predicted molar refractivity (Wildman–Crippen MR) is 132 cm³/mol. The maximum atomic E-state index is 13.8. The fourth-order valence-electron chi connectivity index (χ4n) is 5.27. The predicted octanol–water partition coefficient (Wildman–Crippen LogP) is 4.58. The number of rotatable bonds is 6. The number of fused-ring (bicyclic) bond motifs is 4. The van der Waals surface area contributed by atoms with E-state index in [4.69, 9.17) is 18.4 Å². The lowest BCUT2D eigenvalue weighted by Crippen LogP contribution is -2.39. The van der Waals surface area contributed by atoms with Gasteiger partial charge in [-0.2, -0.15) is 8.42 Å². The van der Waals surface area contributed by atoms with Gasteiger partial charge in [0, 0.05) is 24.7 Å². The normalized spacial score (nSPS) is 17.0. The first-order chi connectivity index (χ1) is 17.2. The zero-order valence-corrected chi connectivity index (χ0v) is 21.4. The fraction of sp³-hybridized carbons (Fsp3) is 0.333. The van der Waals surface area contributed by atoms with Gasteiger partial charge in [0.25, 0.3) is 0 Å². The van der Waals surface area contributed by atoms with E-state index in [9.17, 15) is 12.8 Å². The largest absolute Gasteiger partial charge is 0.493 e. The van der Waals surface area contributed by atoms with Crippen molar-refractivity contribution in [2.75, 3.05) is 27.9 Å². The molecule has 0 amide bonds. The quantitative estimate of drug-likeness (QED) is 0.447. The third kappa shape index (κ3) is 4.16. The molecule has 0 saturated heterocycles. The maximum Gasteiger partial charge on any atom is 0.339 e. The molecule has 2 heterocycles. The van der Waals surface area contributed by atoms with E-state index in [-0.39, 0.29) is 16.7 Å². The van der Waals surface area contributed by atoms with Crippen molar-refractivity contribution in [1.29, 1.82) is 0 Å². The highest BCUT2D eigenvalue weighted by Crippen LogP contribution is 2.47. The molecule has 0 radical (unpaired) electrons. The highest BCUT2D eigenvalue weighted by atomic mass is 32.2. The van der Waals surface area contributed by atoms with Gasteiger partial charge in [-0.05, 0) is 72.4 Å². The van der Waals surface area contributed by atoms with Gasteiger partial charge >= 0.3 is 10.1 Å². The Morgan fingerprint density at radius 3 is 2.39 bits per heavy atom. The van der Waals surface area contributed by atoms with Gasteiger partial charge in [0.1, 0.15) is 10.7 Å². The summed E-state index contributed by atoms with van der Waals surface area (Å²) in [5, 5.41) is 0. The number of nitrogens with zero attached hydrogens (tertiary/aromatic N) is 1. The Bertz CT molecular complexity index is 1440. The summed E-state index contributed by atoms with van der Waals surface area (Å²) < 4.78 is 62.3. The first-order valence-corrected chi connectivity index (χ1v) is 13.0. The first-order valence-electron chi connectivity index (χ1n) is 11.6. The Labute approximate surface area is 210 Å². The average molecular weight is 514 g/mol. The van der Waals surface area contributed by atoms with Crippen molar-refractivity contribution in [2.45, 2.75) is 37.2 Å². The highest BCUT2D eigenvalue weighted by molar-refractivity contribution is 7.87. The van der Waals surface area contributed by atoms with Gasteiger partial charge in [0.2, 0.25) is 0 Å². The van der Waals surface area contributed by atoms with Crippen LogP contribution in [0.15, 0.2) is 47.4 Å². The van der Waals surface area contributed by atoms with Gasteiger partial charge in [-0.1, -0.05) is 12.1 Å². The lowest BCUT2D eigenvalue weighted by atomic mass is 9.83. The van der Waals surface area contributed by atoms with Crippen LogP contribution in [-0.2, 0) is 29.5 Å². The van der Waals surface area contributed by atoms with E-state index in [1.165, 1.54) is 36.4 Å². The molecule has 9 heteroatoms. The molecule has 7 nitrogen and oxygen atoms in total. The Kier molecular flexibility index (Phi) is 6.30. The molecule has 0 N–H and O–H groups in total. The molecule has 3 aromatic carbocycles. The average Bonchev–Trinajstić information content (AvgIpc) is 2.86. The smallest absolute Gasteiger partial charge is 0.339 e. The molecule has 3 aromatic rings. The second-order valence-electron chi connectivity index (χ2n) is 9.03. The van der Waals surface area contributed by atoms with Crippen LogP contribution in [0.25, 0.3) is 0 Å². The van der Waals surface area contributed by atoms with Crippen LogP contribution in [0.1, 0.15) is 33.9 Å². The zero-order valence-electron chi connectivity index (χ0n) is 20.6. The summed E-state index contributed by atoms with van der Waals surface area (Å²) in [7, 11) is 0.458. The summed E-state index contributed by atoms with van der Waals surface area (Å²) in [6, 6.07) is 11.0. The van der Waals surface area contributed by atoms with Crippen LogP contribution in [0, 0.1) is 12.7 Å². The van der Waals surface area contributed by atoms with Gasteiger partial charge < -0.3 is 18.4 Å². The van der Waals surface area contributed by atoms with E-state index in [1.54, 1.807) is 14.2 Å². The molecule has 190 valence electrons. The lowest BCUT2D eigenvalue weighted by Gasteiger charge is -2.42. The van der Waals surface area contributed by atoms with Gasteiger partial charge in [-0.25, -0.2) is 4.39 Å². The molecule has 1 unspecified atom stereocenters. The minimum Gasteiger partial charge on any atom is -0.493 e. The maximum absolute atomic E-state index is 13.8. The number of aryl methyl sites for hydroxylation is 1. The van der Waals surface area contributed by atoms with Crippen LogP contribution in [0.2, 0.25) is 0 Å². The molecule has 0 bridgehead atoms. The molecular formula is C27H28FNO6S. The van der Waals surface area contributed by atoms with Crippen molar-refractivity contribution in [3.8, 4) is 23.0 Å². The molecular weight excluding hydrogens is 485 g/mol. The molecule has 5 rings (SSSR count). The summed E-state index contributed by atoms with van der Waals surface area (Å²) in [4.78, 5) is 2.06. The number of hydrogen-bond acceptors (Lipinski definition) is 7. The fourth-order valence-corrected chi connectivity index (χ4v) is 6.27. The third-order valence-corrected chi connectivity index (χ3v) is 8.20. The topological polar surface area (TPSA) is 74.3 Å². The van der Waals surface area contributed by atoms with Gasteiger partial charge in [0.15, 0.2) is 23.0 Å². The number of methoxy groups -OCH3 is 3. The lowest BCUT2D eigenvalue weighted by molar-refractivity contribution is 0.158. The highest BCUT2D eigenvalue weighted by Gasteiger charge is 2.36. The van der Waals surface area contributed by atoms with E-state index in [1.807, 2.05) is 25.1 Å². The number of hydrogen-bond donors (Lipinski definition) is 0. The van der Waals surface area contributed by atoms with Crippen molar-refractivity contribution in [3.63, 3.8) is 0 Å². The van der Waals surface area contributed by atoms with E-state index in [0.29, 0.717) is 30.2 Å². The summed E-state index contributed by atoms with van der Waals surface area (Å²) in [6.45, 7) is 3.13. The van der Waals surface area contributed by atoms with Crippen molar-refractivity contribution >= 4 is 10.1 Å². The molecule has 2 aliphatic heterocycles. The van der Waals surface area contributed by atoms with E-state index >= 15 is 0 Å². The van der Waals surface area contributed by atoms with Crippen molar-refractivity contribution in [2.24, 2.45) is 0 Å². The van der Waals surface area contributed by atoms with E-state index in [2.05, 4.69) is 4.90 Å². The zero-order chi connectivity index (χ0) is 25.6. The Morgan fingerprint density at radius 2 is 1.69 bits per heavy atom. The number of halogens is 1. The monoisotopic (exact) mass is 513 g/mol. The third-order valence-electron chi connectivity index (χ3n) is 6.99. The molecule has 0 spiro atoms. The van der Waals surface area contributed by atoms with E-state index < -0.39 is 15.9 Å². The van der Waals surface area contributed by atoms with Gasteiger partial charge in [0.05, 0.1) is 21.3 Å². The SMILES string of the molecule is COc1cc2c(cc1OC)C1Cc3cc(C)c(OC)c(OS(=O)(=O)c4cccc(F)c4)c3CN1CC2. The number of ether oxygens (including phenoxy) is 3. The van der Waals surface area contributed by atoms with Crippen molar-refractivity contribution in [1.82, 2.24) is 4.90 Å².